The van der Waals surface area contributed by atoms with E-state index in [2.05, 4.69) is 5.32 Å². The standard InChI is InChI=1S/C18H15Cl2NO3/c1-2-24-18(23)13-6-9-16(15(20)11-13)21-17(22)10-5-12-3-7-14(19)8-4-12/h3-11H,2H2,1H3,(H,21,22)/b10-5+. The molecule has 0 aliphatic heterocycles. The first-order chi connectivity index (χ1) is 11.5. The molecule has 0 bridgehead atoms. The third-order valence-electron chi connectivity index (χ3n) is 3.04. The highest BCUT2D eigenvalue weighted by molar-refractivity contribution is 6.34. The van der Waals surface area contributed by atoms with Gasteiger partial charge in [0.25, 0.3) is 0 Å². The molecule has 4 nitrogen and oxygen atoms in total. The zero-order valence-electron chi connectivity index (χ0n) is 12.9. The molecule has 6 heteroatoms. The van der Waals surface area contributed by atoms with Crippen LogP contribution in [0, 0.1) is 0 Å². The lowest BCUT2D eigenvalue weighted by atomic mass is 10.2. The van der Waals surface area contributed by atoms with Gasteiger partial charge in [0.1, 0.15) is 0 Å². The fourth-order valence-electron chi connectivity index (χ4n) is 1.88. The third-order valence-corrected chi connectivity index (χ3v) is 3.60. The van der Waals surface area contributed by atoms with Crippen LogP contribution < -0.4 is 5.32 Å². The molecule has 2 aromatic carbocycles. The minimum absolute atomic E-state index is 0.258. The van der Waals surface area contributed by atoms with Crippen LogP contribution in [0.4, 0.5) is 5.69 Å². The van der Waals surface area contributed by atoms with Crippen LogP contribution in [-0.2, 0) is 9.53 Å². The summed E-state index contributed by atoms with van der Waals surface area (Å²) in [5.74, 6) is -0.796. The van der Waals surface area contributed by atoms with E-state index in [9.17, 15) is 9.59 Å². The summed E-state index contributed by atoms with van der Waals surface area (Å²) in [6, 6.07) is 11.6. The van der Waals surface area contributed by atoms with Gasteiger partial charge in [-0.25, -0.2) is 4.79 Å². The number of halogens is 2. The number of hydrogen-bond donors (Lipinski definition) is 1. The predicted octanol–water partition coefficient (Wildman–Crippen LogP) is 4.82. The Balaban J connectivity index is 2.03. The van der Waals surface area contributed by atoms with Gasteiger partial charge in [0.2, 0.25) is 5.91 Å². The van der Waals surface area contributed by atoms with Gasteiger partial charge in [0, 0.05) is 11.1 Å². The summed E-state index contributed by atoms with van der Waals surface area (Å²) in [6.07, 6.45) is 3.05. The largest absolute Gasteiger partial charge is 0.462 e. The van der Waals surface area contributed by atoms with Gasteiger partial charge in [-0.3, -0.25) is 4.79 Å². The number of ether oxygens (including phenoxy) is 1. The van der Waals surface area contributed by atoms with E-state index < -0.39 is 5.97 Å². The minimum atomic E-state index is -0.458. The van der Waals surface area contributed by atoms with E-state index in [4.69, 9.17) is 27.9 Å². The molecule has 0 unspecified atom stereocenters. The van der Waals surface area contributed by atoms with Gasteiger partial charge in [-0.05, 0) is 48.9 Å². The Morgan fingerprint density at radius 1 is 1.12 bits per heavy atom. The molecule has 0 saturated carbocycles. The van der Waals surface area contributed by atoms with Crippen LogP contribution in [0.25, 0.3) is 6.08 Å². The fourth-order valence-corrected chi connectivity index (χ4v) is 2.23. The van der Waals surface area contributed by atoms with Crippen molar-refractivity contribution in [1.29, 1.82) is 0 Å². The molecule has 0 aliphatic rings. The maximum Gasteiger partial charge on any atom is 0.338 e. The van der Waals surface area contributed by atoms with Crippen LogP contribution in [0.5, 0.6) is 0 Å². The molecule has 2 rings (SSSR count). The predicted molar refractivity (Wildman–Crippen MR) is 96.5 cm³/mol. The Kier molecular flexibility index (Phi) is 6.41. The number of hydrogen-bond acceptors (Lipinski definition) is 3. The number of anilines is 1. The van der Waals surface area contributed by atoms with Crippen LogP contribution in [0.15, 0.2) is 48.5 Å². The van der Waals surface area contributed by atoms with Crippen molar-refractivity contribution in [3.05, 3.63) is 69.7 Å². The summed E-state index contributed by atoms with van der Waals surface area (Å²) >= 11 is 11.9. The van der Waals surface area contributed by atoms with E-state index in [0.29, 0.717) is 16.3 Å². The van der Waals surface area contributed by atoms with Crippen LogP contribution >= 0.6 is 23.2 Å². The molecule has 0 saturated heterocycles. The number of benzene rings is 2. The highest BCUT2D eigenvalue weighted by Gasteiger charge is 2.10. The Morgan fingerprint density at radius 2 is 1.83 bits per heavy atom. The Hall–Kier alpha value is -2.30. The molecule has 0 heterocycles. The number of esters is 1. The average Bonchev–Trinajstić information content (AvgIpc) is 2.56. The lowest BCUT2D eigenvalue weighted by molar-refractivity contribution is -0.111. The average molecular weight is 364 g/mol. The van der Waals surface area contributed by atoms with E-state index in [0.717, 1.165) is 5.56 Å². The number of nitrogens with one attached hydrogen (secondary N) is 1. The third kappa shape index (κ3) is 5.11. The molecular formula is C18H15Cl2NO3. The van der Waals surface area contributed by atoms with Crippen LogP contribution in [0.2, 0.25) is 10.0 Å². The van der Waals surface area contributed by atoms with Crippen molar-refractivity contribution in [1.82, 2.24) is 0 Å². The molecule has 124 valence electrons. The van der Waals surface area contributed by atoms with Gasteiger partial charge >= 0.3 is 5.97 Å². The van der Waals surface area contributed by atoms with Crippen molar-refractivity contribution < 1.29 is 14.3 Å². The molecule has 0 aromatic heterocycles. The van der Waals surface area contributed by atoms with Crippen molar-refractivity contribution in [3.63, 3.8) is 0 Å². The van der Waals surface area contributed by atoms with E-state index in [1.54, 1.807) is 49.4 Å². The second-order valence-electron chi connectivity index (χ2n) is 4.79. The Bertz CT molecular complexity index is 770. The molecule has 1 amide bonds. The van der Waals surface area contributed by atoms with Crippen molar-refractivity contribution in [2.24, 2.45) is 0 Å². The number of carbonyl (C=O) groups is 2. The van der Waals surface area contributed by atoms with Crippen LogP contribution in [0.3, 0.4) is 0 Å². The first-order valence-corrected chi connectivity index (χ1v) is 7.96. The molecule has 0 spiro atoms. The highest BCUT2D eigenvalue weighted by Crippen LogP contribution is 2.23. The quantitative estimate of drug-likeness (QED) is 0.611. The highest BCUT2D eigenvalue weighted by atomic mass is 35.5. The van der Waals surface area contributed by atoms with Crippen LogP contribution in [0.1, 0.15) is 22.8 Å². The van der Waals surface area contributed by atoms with Crippen LogP contribution in [-0.4, -0.2) is 18.5 Å². The van der Waals surface area contributed by atoms with Gasteiger partial charge in [-0.15, -0.1) is 0 Å². The molecule has 24 heavy (non-hydrogen) atoms. The van der Waals surface area contributed by atoms with E-state index in [-0.39, 0.29) is 17.5 Å². The molecular weight excluding hydrogens is 349 g/mol. The first kappa shape index (κ1) is 18.0. The van der Waals surface area contributed by atoms with Crippen molar-refractivity contribution >= 4 is 46.8 Å². The zero-order valence-corrected chi connectivity index (χ0v) is 14.4. The van der Waals surface area contributed by atoms with Crippen molar-refractivity contribution in [2.75, 3.05) is 11.9 Å². The van der Waals surface area contributed by atoms with Crippen molar-refractivity contribution in [3.8, 4) is 0 Å². The lowest BCUT2D eigenvalue weighted by Gasteiger charge is -2.07. The minimum Gasteiger partial charge on any atom is -0.462 e. The van der Waals surface area contributed by atoms with E-state index >= 15 is 0 Å². The Morgan fingerprint density at radius 3 is 2.46 bits per heavy atom. The summed E-state index contributed by atoms with van der Waals surface area (Å²) in [4.78, 5) is 23.6. The second-order valence-corrected chi connectivity index (χ2v) is 5.63. The zero-order chi connectivity index (χ0) is 17.5. The second kappa shape index (κ2) is 8.52. The summed E-state index contributed by atoms with van der Waals surface area (Å²) in [5, 5.41) is 3.54. The SMILES string of the molecule is CCOC(=O)c1ccc(NC(=O)/C=C/c2ccc(Cl)cc2)c(Cl)c1. The topological polar surface area (TPSA) is 55.4 Å². The van der Waals surface area contributed by atoms with Gasteiger partial charge in [0.05, 0.1) is 22.9 Å². The molecule has 0 radical (unpaired) electrons. The van der Waals surface area contributed by atoms with E-state index in [1.165, 1.54) is 12.1 Å². The summed E-state index contributed by atoms with van der Waals surface area (Å²) in [7, 11) is 0. The van der Waals surface area contributed by atoms with Gasteiger partial charge in [0.15, 0.2) is 0 Å². The fraction of sp³-hybridized carbons (Fsp3) is 0.111. The van der Waals surface area contributed by atoms with Gasteiger partial charge < -0.3 is 10.1 Å². The smallest absolute Gasteiger partial charge is 0.338 e. The number of carbonyl (C=O) groups excluding carboxylic acids is 2. The lowest BCUT2D eigenvalue weighted by Crippen LogP contribution is -2.09. The molecule has 1 N–H and O–H groups in total. The Labute approximate surface area is 150 Å². The van der Waals surface area contributed by atoms with Gasteiger partial charge in [-0.1, -0.05) is 35.3 Å². The molecule has 0 fully saturated rings. The van der Waals surface area contributed by atoms with Crippen molar-refractivity contribution in [2.45, 2.75) is 6.92 Å². The monoisotopic (exact) mass is 363 g/mol. The molecule has 2 aromatic rings. The summed E-state index contributed by atoms with van der Waals surface area (Å²) in [6.45, 7) is 2.01. The number of rotatable bonds is 5. The first-order valence-electron chi connectivity index (χ1n) is 7.21. The van der Waals surface area contributed by atoms with Gasteiger partial charge in [-0.2, -0.15) is 0 Å². The maximum absolute atomic E-state index is 12.0. The normalized spacial score (nSPS) is 10.6. The summed E-state index contributed by atoms with van der Waals surface area (Å²) < 4.78 is 4.89. The summed E-state index contributed by atoms with van der Waals surface area (Å²) in [5.41, 5.74) is 1.59. The molecule has 0 atom stereocenters. The number of amides is 1. The maximum atomic E-state index is 12.0. The van der Waals surface area contributed by atoms with E-state index in [1.807, 2.05) is 0 Å². The molecule has 0 aliphatic carbocycles.